The molecule has 1 aromatic carbocycles. The molecule has 0 amide bonds. The predicted octanol–water partition coefficient (Wildman–Crippen LogP) is 0.328. The van der Waals surface area contributed by atoms with E-state index in [1.54, 1.807) is 0 Å². The highest BCUT2D eigenvalue weighted by Crippen LogP contribution is 2.39. The molecule has 1 rings (SSSR count). The van der Waals surface area contributed by atoms with Gasteiger partial charge in [0.05, 0.1) is 27.0 Å². The molecule has 3 N–H and O–H groups in total. The lowest BCUT2D eigenvalue weighted by atomic mass is 10.2. The number of nitrogens with two attached hydrogens (primary N) is 1. The minimum atomic E-state index is -3.85. The molecule has 96 valence electrons. The van der Waals surface area contributed by atoms with Crippen LogP contribution in [0.5, 0.6) is 17.2 Å². The second-order valence-corrected chi connectivity index (χ2v) is 4.36. The van der Waals surface area contributed by atoms with Gasteiger partial charge in [0.1, 0.15) is 0 Å². The molecule has 8 heteroatoms. The Labute approximate surface area is 99.7 Å². The van der Waals surface area contributed by atoms with Gasteiger partial charge >= 0.3 is 0 Å². The molecule has 0 bridgehead atoms. The van der Waals surface area contributed by atoms with Crippen LogP contribution in [-0.2, 0) is 10.2 Å². The van der Waals surface area contributed by atoms with Gasteiger partial charge in [0, 0.05) is 12.1 Å². The van der Waals surface area contributed by atoms with Gasteiger partial charge in [-0.25, -0.2) is 5.14 Å². The van der Waals surface area contributed by atoms with Crippen LogP contribution in [0.3, 0.4) is 0 Å². The summed E-state index contributed by atoms with van der Waals surface area (Å²) < 4.78 is 39.1. The molecule has 0 aliphatic carbocycles. The highest BCUT2D eigenvalue weighted by Gasteiger charge is 2.14. The van der Waals surface area contributed by atoms with Gasteiger partial charge in [0.15, 0.2) is 11.5 Å². The lowest BCUT2D eigenvalue weighted by molar-refractivity contribution is 0.325. The van der Waals surface area contributed by atoms with E-state index in [1.165, 1.54) is 33.5 Å². The van der Waals surface area contributed by atoms with Crippen LogP contribution in [-0.4, -0.2) is 29.7 Å². The van der Waals surface area contributed by atoms with Crippen LogP contribution < -0.4 is 24.1 Å². The third-order valence-corrected chi connectivity index (χ3v) is 2.45. The van der Waals surface area contributed by atoms with Crippen molar-refractivity contribution in [2.24, 2.45) is 5.14 Å². The number of hydrogen-bond acceptors (Lipinski definition) is 5. The SMILES string of the molecule is COc1cc(NS(N)(=O)=O)cc(OC)c1OC. The first-order valence-corrected chi connectivity index (χ1v) is 6.06. The molecule has 1 aromatic rings. The molecule has 0 heterocycles. The maximum Gasteiger partial charge on any atom is 0.296 e. The quantitative estimate of drug-likeness (QED) is 0.796. The Kier molecular flexibility index (Phi) is 4.02. The Morgan fingerprint density at radius 3 is 1.82 bits per heavy atom. The van der Waals surface area contributed by atoms with Gasteiger partial charge < -0.3 is 14.2 Å². The molecular weight excluding hydrogens is 248 g/mol. The highest BCUT2D eigenvalue weighted by atomic mass is 32.2. The monoisotopic (exact) mass is 262 g/mol. The molecular formula is C9H14N2O5S. The van der Waals surface area contributed by atoms with Gasteiger partial charge in [-0.3, -0.25) is 4.72 Å². The molecule has 0 aliphatic rings. The average molecular weight is 262 g/mol. The molecule has 0 saturated carbocycles. The third-order valence-electron chi connectivity index (χ3n) is 1.92. The summed E-state index contributed by atoms with van der Waals surface area (Å²) in [4.78, 5) is 0. The maximum atomic E-state index is 10.9. The zero-order chi connectivity index (χ0) is 13.1. The van der Waals surface area contributed by atoms with E-state index in [0.29, 0.717) is 17.2 Å². The topological polar surface area (TPSA) is 99.9 Å². The van der Waals surface area contributed by atoms with E-state index >= 15 is 0 Å². The lowest BCUT2D eigenvalue weighted by Gasteiger charge is -2.14. The molecule has 0 aromatic heterocycles. The summed E-state index contributed by atoms with van der Waals surface area (Å²) in [6.45, 7) is 0. The third kappa shape index (κ3) is 3.40. The summed E-state index contributed by atoms with van der Waals surface area (Å²) in [6, 6.07) is 2.87. The second kappa shape index (κ2) is 5.11. The fourth-order valence-corrected chi connectivity index (χ4v) is 1.75. The summed E-state index contributed by atoms with van der Waals surface area (Å²) in [7, 11) is 0.460. The molecule has 0 saturated heterocycles. The normalized spacial score (nSPS) is 10.8. The number of rotatable bonds is 5. The van der Waals surface area contributed by atoms with Crippen LogP contribution in [0.15, 0.2) is 12.1 Å². The Morgan fingerprint density at radius 2 is 1.53 bits per heavy atom. The van der Waals surface area contributed by atoms with Crippen molar-refractivity contribution in [3.63, 3.8) is 0 Å². The van der Waals surface area contributed by atoms with Crippen LogP contribution >= 0.6 is 0 Å². The summed E-state index contributed by atoms with van der Waals surface area (Å²) in [5, 5.41) is 4.87. The standard InChI is InChI=1S/C9H14N2O5S/c1-14-7-4-6(11-17(10,12)13)5-8(15-2)9(7)16-3/h4-5,11H,1-3H3,(H2,10,12,13). The van der Waals surface area contributed by atoms with Crippen molar-refractivity contribution < 1.29 is 22.6 Å². The van der Waals surface area contributed by atoms with Crippen LogP contribution in [0.2, 0.25) is 0 Å². The van der Waals surface area contributed by atoms with Gasteiger partial charge in [0.2, 0.25) is 5.75 Å². The van der Waals surface area contributed by atoms with Gasteiger partial charge in [-0.15, -0.1) is 0 Å². The first-order chi connectivity index (χ1) is 7.91. The van der Waals surface area contributed by atoms with E-state index in [9.17, 15) is 8.42 Å². The zero-order valence-corrected chi connectivity index (χ0v) is 10.5. The largest absolute Gasteiger partial charge is 0.493 e. The highest BCUT2D eigenvalue weighted by molar-refractivity contribution is 7.90. The van der Waals surface area contributed by atoms with Crippen molar-refractivity contribution >= 4 is 15.9 Å². The zero-order valence-electron chi connectivity index (χ0n) is 9.68. The van der Waals surface area contributed by atoms with E-state index in [4.69, 9.17) is 19.3 Å². The van der Waals surface area contributed by atoms with Gasteiger partial charge in [0.25, 0.3) is 10.2 Å². The Balaban J connectivity index is 3.27. The number of nitrogens with one attached hydrogen (secondary N) is 1. The fourth-order valence-electron chi connectivity index (χ4n) is 1.30. The molecule has 17 heavy (non-hydrogen) atoms. The summed E-state index contributed by atoms with van der Waals surface area (Å²) in [5.41, 5.74) is 0.224. The van der Waals surface area contributed by atoms with E-state index in [-0.39, 0.29) is 5.69 Å². The summed E-state index contributed by atoms with van der Waals surface area (Å²) >= 11 is 0. The van der Waals surface area contributed by atoms with Crippen LogP contribution in [0, 0.1) is 0 Å². The van der Waals surface area contributed by atoms with E-state index in [1.807, 2.05) is 0 Å². The van der Waals surface area contributed by atoms with Crippen LogP contribution in [0.1, 0.15) is 0 Å². The summed E-state index contributed by atoms with van der Waals surface area (Å²) in [6.07, 6.45) is 0. The van der Waals surface area contributed by atoms with Crippen molar-refractivity contribution in [1.82, 2.24) is 0 Å². The Bertz CT molecular complexity index is 475. The smallest absolute Gasteiger partial charge is 0.296 e. The number of hydrogen-bond donors (Lipinski definition) is 2. The Morgan fingerprint density at radius 1 is 1.06 bits per heavy atom. The molecule has 7 nitrogen and oxygen atoms in total. The molecule has 0 atom stereocenters. The maximum absolute atomic E-state index is 10.9. The number of benzene rings is 1. The average Bonchev–Trinajstić information content (AvgIpc) is 2.25. The number of anilines is 1. The lowest BCUT2D eigenvalue weighted by Crippen LogP contribution is -2.21. The van der Waals surface area contributed by atoms with Gasteiger partial charge in [-0.05, 0) is 0 Å². The minimum Gasteiger partial charge on any atom is -0.493 e. The fraction of sp³-hybridized carbons (Fsp3) is 0.333. The van der Waals surface area contributed by atoms with Crippen LogP contribution in [0.4, 0.5) is 5.69 Å². The van der Waals surface area contributed by atoms with Gasteiger partial charge in [-0.1, -0.05) is 0 Å². The molecule has 0 fully saturated rings. The van der Waals surface area contributed by atoms with E-state index < -0.39 is 10.2 Å². The summed E-state index contributed by atoms with van der Waals surface area (Å²) in [5.74, 6) is 1.03. The number of ether oxygens (including phenoxy) is 3. The molecule has 0 spiro atoms. The van der Waals surface area contributed by atoms with Crippen molar-refractivity contribution in [2.45, 2.75) is 0 Å². The van der Waals surface area contributed by atoms with Crippen molar-refractivity contribution in [1.29, 1.82) is 0 Å². The first kappa shape index (κ1) is 13.4. The molecule has 0 aliphatic heterocycles. The van der Waals surface area contributed by atoms with Crippen molar-refractivity contribution in [2.75, 3.05) is 26.1 Å². The number of methoxy groups -OCH3 is 3. The van der Waals surface area contributed by atoms with Crippen molar-refractivity contribution in [3.8, 4) is 17.2 Å². The predicted molar refractivity (Wildman–Crippen MR) is 62.8 cm³/mol. The minimum absolute atomic E-state index is 0.224. The van der Waals surface area contributed by atoms with Gasteiger partial charge in [-0.2, -0.15) is 8.42 Å². The van der Waals surface area contributed by atoms with Crippen molar-refractivity contribution in [3.05, 3.63) is 12.1 Å². The van der Waals surface area contributed by atoms with Crippen LogP contribution in [0.25, 0.3) is 0 Å². The van der Waals surface area contributed by atoms with E-state index in [2.05, 4.69) is 4.72 Å². The Hall–Kier alpha value is -1.67. The molecule has 0 radical (unpaired) electrons. The molecule has 0 unspecified atom stereocenters. The van der Waals surface area contributed by atoms with E-state index in [0.717, 1.165) is 0 Å². The first-order valence-electron chi connectivity index (χ1n) is 4.51. The second-order valence-electron chi connectivity index (χ2n) is 3.06.